The maximum absolute atomic E-state index is 12.6. The number of ketones is 1. The summed E-state index contributed by atoms with van der Waals surface area (Å²) in [6.07, 6.45) is 1.47. The van der Waals surface area contributed by atoms with Gasteiger partial charge in [-0.2, -0.15) is 0 Å². The minimum absolute atomic E-state index is 0.0246. The lowest BCUT2D eigenvalue weighted by Crippen LogP contribution is -2.36. The lowest BCUT2D eigenvalue weighted by atomic mass is 10.2. The third-order valence-electron chi connectivity index (χ3n) is 4.69. The average Bonchev–Trinajstić information content (AvgIpc) is 3.00. The molecule has 1 aromatic heterocycles. The van der Waals surface area contributed by atoms with E-state index in [-0.39, 0.29) is 18.0 Å². The Kier molecular flexibility index (Phi) is 6.75. The monoisotopic (exact) mass is 407 g/mol. The van der Waals surface area contributed by atoms with Crippen molar-refractivity contribution in [1.29, 1.82) is 0 Å². The molecule has 0 atom stereocenters. The van der Waals surface area contributed by atoms with Crippen LogP contribution in [0.4, 0.5) is 0 Å². The molecule has 0 amide bonds. The van der Waals surface area contributed by atoms with E-state index in [4.69, 9.17) is 0 Å². The minimum Gasteiger partial charge on any atom is -0.305 e. The van der Waals surface area contributed by atoms with E-state index in [1.807, 2.05) is 37.4 Å². The summed E-state index contributed by atoms with van der Waals surface area (Å²) < 4.78 is 26.6. The number of hydrogen-bond acceptors (Lipinski definition) is 6. The van der Waals surface area contributed by atoms with Gasteiger partial charge in [0, 0.05) is 37.9 Å². The van der Waals surface area contributed by atoms with Crippen LogP contribution in [0, 0.1) is 0 Å². The second-order valence-electron chi connectivity index (χ2n) is 6.83. The van der Waals surface area contributed by atoms with Crippen LogP contribution in [0.25, 0.3) is 0 Å². The molecule has 0 unspecified atom stereocenters. The first-order valence-electron chi connectivity index (χ1n) is 9.12. The van der Waals surface area contributed by atoms with Gasteiger partial charge in [0.15, 0.2) is 5.78 Å². The lowest BCUT2D eigenvalue weighted by molar-refractivity contribution is 0.0984. The number of sulfonamides is 1. The second kappa shape index (κ2) is 9.05. The third-order valence-corrected chi connectivity index (χ3v) is 7.42. The zero-order valence-corrected chi connectivity index (χ0v) is 17.1. The van der Waals surface area contributed by atoms with Crippen molar-refractivity contribution in [3.63, 3.8) is 0 Å². The highest BCUT2D eigenvalue weighted by Crippen LogP contribution is 2.17. The highest BCUT2D eigenvalue weighted by Gasteiger charge is 2.25. The molecule has 0 radical (unpaired) electrons. The van der Waals surface area contributed by atoms with Gasteiger partial charge in [-0.15, -0.1) is 11.3 Å². The molecular formula is C19H25N3O3S2. The van der Waals surface area contributed by atoms with Crippen molar-refractivity contribution in [2.45, 2.75) is 19.3 Å². The Bertz CT molecular complexity index is 865. The first-order valence-corrected chi connectivity index (χ1v) is 11.6. The molecule has 1 aliphatic heterocycles. The van der Waals surface area contributed by atoms with Gasteiger partial charge in [-0.3, -0.25) is 4.79 Å². The van der Waals surface area contributed by atoms with Crippen molar-refractivity contribution >= 4 is 27.1 Å². The molecule has 0 aliphatic carbocycles. The van der Waals surface area contributed by atoms with E-state index in [1.165, 1.54) is 15.6 Å². The SMILES string of the molecule is CN1CCCN(S(=O)(=O)CCC(=O)c2csc(Cc3ccccc3)n2)CC1. The summed E-state index contributed by atoms with van der Waals surface area (Å²) in [5.41, 5.74) is 1.51. The van der Waals surface area contributed by atoms with E-state index in [2.05, 4.69) is 9.88 Å². The van der Waals surface area contributed by atoms with Crippen LogP contribution in [0.5, 0.6) is 0 Å². The first-order chi connectivity index (χ1) is 12.9. The van der Waals surface area contributed by atoms with E-state index < -0.39 is 10.0 Å². The topological polar surface area (TPSA) is 70.6 Å². The van der Waals surface area contributed by atoms with Crippen LogP contribution in [0.1, 0.15) is 33.9 Å². The van der Waals surface area contributed by atoms with E-state index in [1.54, 1.807) is 5.38 Å². The molecule has 6 nitrogen and oxygen atoms in total. The lowest BCUT2D eigenvalue weighted by Gasteiger charge is -2.19. The summed E-state index contributed by atoms with van der Waals surface area (Å²) in [6.45, 7) is 2.64. The van der Waals surface area contributed by atoms with Crippen LogP contribution in [0.2, 0.25) is 0 Å². The Balaban J connectivity index is 1.56. The Labute approximate surface area is 164 Å². The molecule has 146 valence electrons. The highest BCUT2D eigenvalue weighted by atomic mass is 32.2. The van der Waals surface area contributed by atoms with E-state index in [9.17, 15) is 13.2 Å². The highest BCUT2D eigenvalue weighted by molar-refractivity contribution is 7.89. The number of rotatable bonds is 7. The van der Waals surface area contributed by atoms with Gasteiger partial charge < -0.3 is 4.90 Å². The molecule has 0 bridgehead atoms. The van der Waals surface area contributed by atoms with Crippen LogP contribution in [0.15, 0.2) is 35.7 Å². The zero-order chi connectivity index (χ0) is 19.3. The maximum atomic E-state index is 12.6. The van der Waals surface area contributed by atoms with Gasteiger partial charge in [-0.1, -0.05) is 30.3 Å². The molecule has 0 saturated carbocycles. The predicted molar refractivity (Wildman–Crippen MR) is 108 cm³/mol. The smallest absolute Gasteiger partial charge is 0.214 e. The number of carbonyl (C=O) groups excluding carboxylic acids is 1. The number of benzene rings is 1. The number of nitrogens with zero attached hydrogens (tertiary/aromatic N) is 3. The molecule has 1 fully saturated rings. The maximum Gasteiger partial charge on any atom is 0.214 e. The number of thiazole rings is 1. The number of hydrogen-bond donors (Lipinski definition) is 0. The quantitative estimate of drug-likeness (QED) is 0.659. The van der Waals surface area contributed by atoms with Crippen molar-refractivity contribution < 1.29 is 13.2 Å². The third kappa shape index (κ3) is 5.68. The van der Waals surface area contributed by atoms with E-state index >= 15 is 0 Å². The minimum atomic E-state index is -3.41. The van der Waals surface area contributed by atoms with Crippen molar-refractivity contribution in [3.05, 3.63) is 52.0 Å². The molecule has 27 heavy (non-hydrogen) atoms. The zero-order valence-electron chi connectivity index (χ0n) is 15.5. The van der Waals surface area contributed by atoms with Crippen molar-refractivity contribution in [2.24, 2.45) is 0 Å². The summed E-state index contributed by atoms with van der Waals surface area (Å²) in [4.78, 5) is 18.9. The molecule has 8 heteroatoms. The van der Waals surface area contributed by atoms with Gasteiger partial charge in [0.25, 0.3) is 0 Å². The summed E-state index contributed by atoms with van der Waals surface area (Å²) >= 11 is 1.44. The number of likely N-dealkylation sites (N-methyl/N-ethyl adjacent to an activating group) is 1. The van der Waals surface area contributed by atoms with Crippen LogP contribution < -0.4 is 0 Å². The van der Waals surface area contributed by atoms with E-state index in [0.717, 1.165) is 30.1 Å². The van der Waals surface area contributed by atoms with Crippen LogP contribution >= 0.6 is 11.3 Å². The van der Waals surface area contributed by atoms with Crippen LogP contribution in [-0.4, -0.2) is 67.4 Å². The largest absolute Gasteiger partial charge is 0.305 e. The number of carbonyl (C=O) groups is 1. The summed E-state index contributed by atoms with van der Waals surface area (Å²) in [7, 11) is -1.42. The summed E-state index contributed by atoms with van der Waals surface area (Å²) in [5.74, 6) is -0.359. The molecule has 3 rings (SSSR count). The van der Waals surface area contributed by atoms with Gasteiger partial charge in [-0.25, -0.2) is 17.7 Å². The molecule has 0 N–H and O–H groups in total. The fourth-order valence-electron chi connectivity index (χ4n) is 3.07. The van der Waals surface area contributed by atoms with E-state index in [0.29, 0.717) is 25.2 Å². The van der Waals surface area contributed by atoms with Gasteiger partial charge in [0.2, 0.25) is 10.0 Å². The normalized spacial score (nSPS) is 16.9. The van der Waals surface area contributed by atoms with Gasteiger partial charge in [0.1, 0.15) is 5.69 Å². The fraction of sp³-hybridized carbons (Fsp3) is 0.474. The number of Topliss-reactive ketones (excluding diaryl/α,β-unsaturated/α-hetero) is 1. The number of aromatic nitrogens is 1. The molecule has 1 saturated heterocycles. The summed E-state index contributed by atoms with van der Waals surface area (Å²) in [6, 6.07) is 9.95. The molecular weight excluding hydrogens is 382 g/mol. The van der Waals surface area contributed by atoms with Crippen LogP contribution in [-0.2, 0) is 16.4 Å². The predicted octanol–water partition coefficient (Wildman–Crippen LogP) is 2.27. The van der Waals surface area contributed by atoms with Crippen LogP contribution in [0.3, 0.4) is 0 Å². The van der Waals surface area contributed by atoms with Gasteiger partial charge in [0.05, 0.1) is 10.8 Å². The Hall–Kier alpha value is -1.61. The van der Waals surface area contributed by atoms with Crippen molar-refractivity contribution in [3.8, 4) is 0 Å². The van der Waals surface area contributed by atoms with Gasteiger partial charge in [-0.05, 0) is 25.6 Å². The second-order valence-corrected chi connectivity index (χ2v) is 9.87. The Morgan fingerprint density at radius 1 is 1.15 bits per heavy atom. The molecule has 2 aromatic rings. The molecule has 1 aliphatic rings. The van der Waals surface area contributed by atoms with Crippen molar-refractivity contribution in [2.75, 3.05) is 39.0 Å². The average molecular weight is 408 g/mol. The first kappa shape index (κ1) is 20.1. The standard InChI is InChI=1S/C19H25N3O3S2/c1-21-9-5-10-22(12-11-21)27(24,25)13-8-18(23)17-15-26-19(20-17)14-16-6-3-2-4-7-16/h2-4,6-7,15H,5,8-14H2,1H3. The van der Waals surface area contributed by atoms with Gasteiger partial charge >= 0.3 is 0 Å². The summed E-state index contributed by atoms with van der Waals surface area (Å²) in [5, 5.41) is 2.59. The Morgan fingerprint density at radius 3 is 2.70 bits per heavy atom. The molecule has 0 spiro atoms. The molecule has 2 heterocycles. The fourth-order valence-corrected chi connectivity index (χ4v) is 5.37. The molecule has 1 aromatic carbocycles. The van der Waals surface area contributed by atoms with Crippen molar-refractivity contribution in [1.82, 2.24) is 14.2 Å². The Morgan fingerprint density at radius 2 is 1.93 bits per heavy atom.